The number of amides is 1. The number of carbonyl (C=O) groups is 1. The summed E-state index contributed by atoms with van der Waals surface area (Å²) < 4.78 is 7.05. The number of hydrogen-bond acceptors (Lipinski definition) is 4. The lowest BCUT2D eigenvalue weighted by atomic mass is 10.1. The Labute approximate surface area is 203 Å². The summed E-state index contributed by atoms with van der Waals surface area (Å²) in [5, 5.41) is 11.3. The molecule has 0 aliphatic carbocycles. The van der Waals surface area contributed by atoms with E-state index in [1.807, 2.05) is 95.7 Å². The van der Waals surface area contributed by atoms with Crippen molar-refractivity contribution in [3.63, 3.8) is 0 Å². The molecule has 0 bridgehead atoms. The van der Waals surface area contributed by atoms with Crippen molar-refractivity contribution >= 4 is 23.1 Å². The zero-order chi connectivity index (χ0) is 24.0. The second-order valence-electron chi connectivity index (χ2n) is 7.88. The molecule has 4 aromatic carbocycles. The van der Waals surface area contributed by atoms with E-state index in [1.54, 1.807) is 31.4 Å². The van der Waals surface area contributed by atoms with Gasteiger partial charge in [0.25, 0.3) is 5.91 Å². The number of rotatable bonds is 7. The second kappa shape index (κ2) is 9.97. The fourth-order valence-corrected chi connectivity index (χ4v) is 3.76. The Balaban J connectivity index is 1.47. The topological polar surface area (TPSA) is 68.2 Å². The summed E-state index contributed by atoms with van der Waals surface area (Å²) in [5.41, 5.74) is 4.75. The molecule has 1 heterocycles. The molecule has 35 heavy (non-hydrogen) atoms. The van der Waals surface area contributed by atoms with E-state index in [-0.39, 0.29) is 5.91 Å². The monoisotopic (exact) mass is 460 g/mol. The van der Waals surface area contributed by atoms with Crippen molar-refractivity contribution in [2.45, 2.75) is 0 Å². The first kappa shape index (κ1) is 22.0. The van der Waals surface area contributed by atoms with Crippen molar-refractivity contribution in [3.05, 3.63) is 121 Å². The number of ether oxygens (including phenoxy) is 1. The van der Waals surface area contributed by atoms with Gasteiger partial charge in [-0.15, -0.1) is 0 Å². The van der Waals surface area contributed by atoms with Crippen LogP contribution in [0.1, 0.15) is 10.4 Å². The highest BCUT2D eigenvalue weighted by atomic mass is 16.5. The minimum Gasteiger partial charge on any atom is -0.497 e. The molecule has 0 saturated heterocycles. The first-order valence-electron chi connectivity index (χ1n) is 11.2. The molecular weight excluding hydrogens is 436 g/mol. The average Bonchev–Trinajstić information content (AvgIpc) is 3.34. The van der Waals surface area contributed by atoms with Crippen molar-refractivity contribution in [2.24, 2.45) is 0 Å². The Bertz CT molecular complexity index is 1430. The fraction of sp³-hybridized carbons (Fsp3) is 0.0345. The standard InChI is InChI=1S/C29H24N4O2/c1-35-24-18-16-22(17-19-24)29(34)31-26-15-9-8-14-25(26)30-28-20-27(21-10-4-2-5-11-21)32-33(28)23-12-6-3-7-13-23/h2-20,30H,1H3,(H,31,34). The number of nitrogens with zero attached hydrogens (tertiary/aromatic N) is 2. The maximum Gasteiger partial charge on any atom is 0.255 e. The van der Waals surface area contributed by atoms with E-state index in [4.69, 9.17) is 9.84 Å². The molecule has 0 aliphatic heterocycles. The number of benzene rings is 4. The molecule has 1 aromatic heterocycles. The van der Waals surface area contributed by atoms with Gasteiger partial charge in [0.1, 0.15) is 11.6 Å². The van der Waals surface area contributed by atoms with Crippen LogP contribution in [0.15, 0.2) is 115 Å². The molecule has 5 rings (SSSR count). The SMILES string of the molecule is COc1ccc(C(=O)Nc2ccccc2Nc2cc(-c3ccccc3)nn2-c2ccccc2)cc1. The number of carbonyl (C=O) groups excluding carboxylic acids is 1. The third kappa shape index (κ3) is 4.91. The highest BCUT2D eigenvalue weighted by Crippen LogP contribution is 2.30. The normalized spacial score (nSPS) is 10.5. The predicted octanol–water partition coefficient (Wildman–Crippen LogP) is 6.54. The Kier molecular flexibility index (Phi) is 6.26. The summed E-state index contributed by atoms with van der Waals surface area (Å²) >= 11 is 0. The van der Waals surface area contributed by atoms with Gasteiger partial charge in [-0.1, -0.05) is 60.7 Å². The summed E-state index contributed by atoms with van der Waals surface area (Å²) in [5.74, 6) is 1.27. The molecule has 0 aliphatic rings. The molecule has 0 spiro atoms. The van der Waals surface area contributed by atoms with Gasteiger partial charge < -0.3 is 15.4 Å². The largest absolute Gasteiger partial charge is 0.497 e. The maximum absolute atomic E-state index is 12.9. The number of methoxy groups -OCH3 is 1. The molecule has 6 heteroatoms. The number of aromatic nitrogens is 2. The molecule has 2 N–H and O–H groups in total. The van der Waals surface area contributed by atoms with Gasteiger partial charge in [0.2, 0.25) is 0 Å². The molecule has 6 nitrogen and oxygen atoms in total. The molecular formula is C29H24N4O2. The van der Waals surface area contributed by atoms with Crippen molar-refractivity contribution in [1.29, 1.82) is 0 Å². The smallest absolute Gasteiger partial charge is 0.255 e. The summed E-state index contributed by atoms with van der Waals surface area (Å²) in [7, 11) is 1.60. The molecule has 0 fully saturated rings. The summed E-state index contributed by atoms with van der Waals surface area (Å²) in [6.07, 6.45) is 0. The molecule has 172 valence electrons. The molecule has 5 aromatic rings. The average molecular weight is 461 g/mol. The Morgan fingerprint density at radius 2 is 1.40 bits per heavy atom. The lowest BCUT2D eigenvalue weighted by molar-refractivity contribution is 0.102. The summed E-state index contributed by atoms with van der Waals surface area (Å²) in [6.45, 7) is 0. The van der Waals surface area contributed by atoms with E-state index >= 15 is 0 Å². The summed E-state index contributed by atoms with van der Waals surface area (Å²) in [4.78, 5) is 12.9. The van der Waals surface area contributed by atoms with E-state index in [1.165, 1.54) is 0 Å². The fourth-order valence-electron chi connectivity index (χ4n) is 3.76. The van der Waals surface area contributed by atoms with Gasteiger partial charge in [-0.3, -0.25) is 4.79 Å². The molecule has 1 amide bonds. The van der Waals surface area contributed by atoms with Crippen LogP contribution < -0.4 is 15.4 Å². The van der Waals surface area contributed by atoms with Crippen molar-refractivity contribution in [3.8, 4) is 22.7 Å². The van der Waals surface area contributed by atoms with Gasteiger partial charge in [-0.05, 0) is 48.5 Å². The van der Waals surface area contributed by atoms with Crippen LogP contribution in [0.25, 0.3) is 16.9 Å². The third-order valence-corrected chi connectivity index (χ3v) is 5.57. The molecule has 0 radical (unpaired) electrons. The van der Waals surface area contributed by atoms with Crippen molar-refractivity contribution in [1.82, 2.24) is 9.78 Å². The minimum atomic E-state index is -0.205. The van der Waals surface area contributed by atoms with Gasteiger partial charge in [-0.25, -0.2) is 4.68 Å². The molecule has 0 atom stereocenters. The van der Waals surface area contributed by atoms with E-state index in [0.717, 1.165) is 28.5 Å². The van der Waals surface area contributed by atoms with Crippen LogP contribution >= 0.6 is 0 Å². The first-order valence-corrected chi connectivity index (χ1v) is 11.2. The van der Waals surface area contributed by atoms with Gasteiger partial charge in [0, 0.05) is 17.2 Å². The van der Waals surface area contributed by atoms with E-state index < -0.39 is 0 Å². The van der Waals surface area contributed by atoms with E-state index in [9.17, 15) is 4.79 Å². The first-order chi connectivity index (χ1) is 17.2. The van der Waals surface area contributed by atoms with Crippen LogP contribution in [0.4, 0.5) is 17.2 Å². The van der Waals surface area contributed by atoms with Crippen LogP contribution in [-0.4, -0.2) is 22.8 Å². The third-order valence-electron chi connectivity index (χ3n) is 5.57. The number of nitrogens with one attached hydrogen (secondary N) is 2. The lowest BCUT2D eigenvalue weighted by Gasteiger charge is -2.14. The van der Waals surface area contributed by atoms with Gasteiger partial charge >= 0.3 is 0 Å². The Morgan fingerprint density at radius 1 is 0.771 bits per heavy atom. The number of hydrogen-bond donors (Lipinski definition) is 2. The number of para-hydroxylation sites is 3. The van der Waals surface area contributed by atoms with Crippen LogP contribution in [-0.2, 0) is 0 Å². The zero-order valence-electron chi connectivity index (χ0n) is 19.2. The Hall–Kier alpha value is -4.84. The van der Waals surface area contributed by atoms with E-state index in [0.29, 0.717) is 17.0 Å². The second-order valence-corrected chi connectivity index (χ2v) is 7.88. The van der Waals surface area contributed by atoms with E-state index in [2.05, 4.69) is 10.6 Å². The van der Waals surface area contributed by atoms with Crippen LogP contribution in [0, 0.1) is 0 Å². The molecule has 0 saturated carbocycles. The highest BCUT2D eigenvalue weighted by Gasteiger charge is 2.14. The zero-order valence-corrected chi connectivity index (χ0v) is 19.2. The van der Waals surface area contributed by atoms with Gasteiger partial charge in [-0.2, -0.15) is 5.10 Å². The predicted molar refractivity (Wildman–Crippen MR) is 140 cm³/mol. The minimum absolute atomic E-state index is 0.205. The van der Waals surface area contributed by atoms with Crippen molar-refractivity contribution < 1.29 is 9.53 Å². The van der Waals surface area contributed by atoms with Gasteiger partial charge in [0.15, 0.2) is 0 Å². The number of anilines is 3. The maximum atomic E-state index is 12.9. The lowest BCUT2D eigenvalue weighted by Crippen LogP contribution is -2.13. The Morgan fingerprint density at radius 3 is 2.09 bits per heavy atom. The summed E-state index contributed by atoms with van der Waals surface area (Å²) in [6, 6.07) is 36.6. The van der Waals surface area contributed by atoms with Crippen molar-refractivity contribution in [2.75, 3.05) is 17.7 Å². The van der Waals surface area contributed by atoms with Crippen LogP contribution in [0.3, 0.4) is 0 Å². The highest BCUT2D eigenvalue weighted by molar-refractivity contribution is 6.06. The van der Waals surface area contributed by atoms with Crippen LogP contribution in [0.2, 0.25) is 0 Å². The quantitative estimate of drug-likeness (QED) is 0.289. The van der Waals surface area contributed by atoms with Crippen LogP contribution in [0.5, 0.6) is 5.75 Å². The molecule has 0 unspecified atom stereocenters. The van der Waals surface area contributed by atoms with Gasteiger partial charge in [0.05, 0.1) is 29.9 Å².